The van der Waals surface area contributed by atoms with Gasteiger partial charge in [-0.2, -0.15) is 0 Å². The SMILES string of the molecule is CCC(N)c1ccc(Oc2cc(Cl)ccc2Cl)cc1. The highest BCUT2D eigenvalue weighted by atomic mass is 35.5. The van der Waals surface area contributed by atoms with Crippen LogP contribution in [0.1, 0.15) is 24.9 Å². The van der Waals surface area contributed by atoms with Gasteiger partial charge in [-0.3, -0.25) is 0 Å². The lowest BCUT2D eigenvalue weighted by Crippen LogP contribution is -2.07. The first-order valence-corrected chi connectivity index (χ1v) is 6.84. The van der Waals surface area contributed by atoms with Crippen LogP contribution in [0.2, 0.25) is 10.0 Å². The third-order valence-electron chi connectivity index (χ3n) is 2.87. The first kappa shape index (κ1) is 14.2. The Morgan fingerprint density at radius 1 is 1.11 bits per heavy atom. The molecule has 2 nitrogen and oxygen atoms in total. The van der Waals surface area contributed by atoms with Crippen LogP contribution >= 0.6 is 23.2 Å². The summed E-state index contributed by atoms with van der Waals surface area (Å²) in [4.78, 5) is 0. The number of benzene rings is 2. The molecule has 0 aromatic heterocycles. The number of hydrogen-bond acceptors (Lipinski definition) is 2. The van der Waals surface area contributed by atoms with Crippen LogP contribution in [-0.4, -0.2) is 0 Å². The second-order valence-electron chi connectivity index (χ2n) is 4.26. The lowest BCUT2D eigenvalue weighted by molar-refractivity contribution is 0.482. The third kappa shape index (κ3) is 3.63. The average molecular weight is 296 g/mol. The molecule has 2 aromatic carbocycles. The second kappa shape index (κ2) is 6.29. The van der Waals surface area contributed by atoms with Gasteiger partial charge in [0.25, 0.3) is 0 Å². The molecule has 2 N–H and O–H groups in total. The van der Waals surface area contributed by atoms with E-state index in [0.29, 0.717) is 21.5 Å². The smallest absolute Gasteiger partial charge is 0.147 e. The molecule has 0 radical (unpaired) electrons. The van der Waals surface area contributed by atoms with E-state index in [1.807, 2.05) is 24.3 Å². The van der Waals surface area contributed by atoms with Gasteiger partial charge >= 0.3 is 0 Å². The van der Waals surface area contributed by atoms with Crippen LogP contribution in [0.3, 0.4) is 0 Å². The van der Waals surface area contributed by atoms with Gasteiger partial charge in [0.1, 0.15) is 11.5 Å². The summed E-state index contributed by atoms with van der Waals surface area (Å²) in [5.74, 6) is 1.25. The Labute approximate surface area is 123 Å². The molecule has 1 unspecified atom stereocenters. The molecule has 0 spiro atoms. The summed E-state index contributed by atoms with van der Waals surface area (Å²) in [5, 5.41) is 1.11. The van der Waals surface area contributed by atoms with E-state index in [4.69, 9.17) is 33.7 Å². The van der Waals surface area contributed by atoms with Crippen molar-refractivity contribution in [2.75, 3.05) is 0 Å². The number of ether oxygens (including phenoxy) is 1. The molecular formula is C15H15Cl2NO. The molecule has 1 atom stereocenters. The zero-order valence-corrected chi connectivity index (χ0v) is 12.1. The predicted molar refractivity (Wildman–Crippen MR) is 80.2 cm³/mol. The van der Waals surface area contributed by atoms with Crippen LogP contribution in [0.25, 0.3) is 0 Å². The molecule has 0 aliphatic carbocycles. The zero-order valence-electron chi connectivity index (χ0n) is 10.6. The van der Waals surface area contributed by atoms with Gasteiger partial charge < -0.3 is 10.5 Å². The molecule has 2 aromatic rings. The Balaban J connectivity index is 2.17. The first-order valence-electron chi connectivity index (χ1n) is 6.08. The highest BCUT2D eigenvalue weighted by Gasteiger charge is 2.06. The van der Waals surface area contributed by atoms with Crippen molar-refractivity contribution in [2.24, 2.45) is 5.73 Å². The molecule has 2 rings (SSSR count). The van der Waals surface area contributed by atoms with Crippen molar-refractivity contribution in [1.82, 2.24) is 0 Å². The molecule has 0 saturated carbocycles. The lowest BCUT2D eigenvalue weighted by atomic mass is 10.1. The quantitative estimate of drug-likeness (QED) is 0.842. The van der Waals surface area contributed by atoms with Gasteiger partial charge in [0.2, 0.25) is 0 Å². The van der Waals surface area contributed by atoms with E-state index in [1.165, 1.54) is 0 Å². The van der Waals surface area contributed by atoms with Gasteiger partial charge in [0.15, 0.2) is 0 Å². The molecule has 0 heterocycles. The Morgan fingerprint density at radius 3 is 2.42 bits per heavy atom. The van der Waals surface area contributed by atoms with E-state index >= 15 is 0 Å². The van der Waals surface area contributed by atoms with Crippen molar-refractivity contribution >= 4 is 23.2 Å². The number of hydrogen-bond donors (Lipinski definition) is 1. The van der Waals surface area contributed by atoms with Crippen LogP contribution in [0.4, 0.5) is 0 Å². The molecule has 0 aliphatic heterocycles. The fourth-order valence-corrected chi connectivity index (χ4v) is 2.02. The Kier molecular flexibility index (Phi) is 4.70. The van der Waals surface area contributed by atoms with Crippen molar-refractivity contribution in [3.8, 4) is 11.5 Å². The number of nitrogens with two attached hydrogens (primary N) is 1. The molecule has 0 amide bonds. The largest absolute Gasteiger partial charge is 0.456 e. The van der Waals surface area contributed by atoms with E-state index in [-0.39, 0.29) is 6.04 Å². The van der Waals surface area contributed by atoms with Gasteiger partial charge in [-0.15, -0.1) is 0 Å². The maximum absolute atomic E-state index is 6.05. The minimum absolute atomic E-state index is 0.0591. The van der Waals surface area contributed by atoms with Gasteiger partial charge in [0.05, 0.1) is 5.02 Å². The van der Waals surface area contributed by atoms with Crippen molar-refractivity contribution < 1.29 is 4.74 Å². The zero-order chi connectivity index (χ0) is 13.8. The van der Waals surface area contributed by atoms with Crippen LogP contribution < -0.4 is 10.5 Å². The van der Waals surface area contributed by atoms with E-state index in [1.54, 1.807) is 18.2 Å². The van der Waals surface area contributed by atoms with Crippen LogP contribution in [0, 0.1) is 0 Å². The first-order chi connectivity index (χ1) is 9.10. The summed E-state index contributed by atoms with van der Waals surface area (Å²) < 4.78 is 5.70. The summed E-state index contributed by atoms with van der Waals surface area (Å²) in [5.41, 5.74) is 7.05. The summed E-state index contributed by atoms with van der Waals surface area (Å²) in [7, 11) is 0. The maximum atomic E-state index is 6.05. The highest BCUT2D eigenvalue weighted by Crippen LogP contribution is 2.32. The summed E-state index contributed by atoms with van der Waals surface area (Å²) in [6, 6.07) is 12.9. The van der Waals surface area contributed by atoms with Crippen molar-refractivity contribution in [2.45, 2.75) is 19.4 Å². The summed E-state index contributed by atoms with van der Waals surface area (Å²) in [6.45, 7) is 2.06. The van der Waals surface area contributed by atoms with Crippen molar-refractivity contribution in [3.63, 3.8) is 0 Å². The van der Waals surface area contributed by atoms with E-state index in [9.17, 15) is 0 Å². The monoisotopic (exact) mass is 295 g/mol. The summed E-state index contributed by atoms with van der Waals surface area (Å²) in [6.07, 6.45) is 0.903. The number of halogens is 2. The standard InChI is InChI=1S/C15H15Cl2NO/c1-2-14(18)10-3-6-12(7-4-10)19-15-9-11(16)5-8-13(15)17/h3-9,14H,2,18H2,1H3. The van der Waals surface area contributed by atoms with E-state index < -0.39 is 0 Å². The predicted octanol–water partition coefficient (Wildman–Crippen LogP) is 5.20. The molecule has 0 saturated heterocycles. The Bertz CT molecular complexity index is 555. The van der Waals surface area contributed by atoms with Crippen LogP contribution in [0.15, 0.2) is 42.5 Å². The third-order valence-corrected chi connectivity index (χ3v) is 3.42. The van der Waals surface area contributed by atoms with Gasteiger partial charge in [0, 0.05) is 17.1 Å². The topological polar surface area (TPSA) is 35.2 Å². The molecule has 4 heteroatoms. The van der Waals surface area contributed by atoms with Crippen LogP contribution in [-0.2, 0) is 0 Å². The molecule has 0 aliphatic rings. The van der Waals surface area contributed by atoms with Crippen molar-refractivity contribution in [1.29, 1.82) is 0 Å². The van der Waals surface area contributed by atoms with Crippen molar-refractivity contribution in [3.05, 3.63) is 58.1 Å². The van der Waals surface area contributed by atoms with Gasteiger partial charge in [-0.05, 0) is 36.2 Å². The average Bonchev–Trinajstić information content (AvgIpc) is 2.43. The Hall–Kier alpha value is -1.22. The van der Waals surface area contributed by atoms with Crippen LogP contribution in [0.5, 0.6) is 11.5 Å². The van der Waals surface area contributed by atoms with E-state index in [2.05, 4.69) is 6.92 Å². The molecule has 100 valence electrons. The molecular weight excluding hydrogens is 281 g/mol. The normalized spacial score (nSPS) is 12.2. The molecule has 19 heavy (non-hydrogen) atoms. The van der Waals surface area contributed by atoms with E-state index in [0.717, 1.165) is 12.0 Å². The fourth-order valence-electron chi connectivity index (χ4n) is 1.70. The number of rotatable bonds is 4. The minimum Gasteiger partial charge on any atom is -0.456 e. The van der Waals surface area contributed by atoms with Gasteiger partial charge in [-0.25, -0.2) is 0 Å². The summed E-state index contributed by atoms with van der Waals surface area (Å²) >= 11 is 12.0. The second-order valence-corrected chi connectivity index (χ2v) is 5.10. The minimum atomic E-state index is 0.0591. The van der Waals surface area contributed by atoms with Gasteiger partial charge in [-0.1, -0.05) is 42.3 Å². The Morgan fingerprint density at radius 2 is 1.79 bits per heavy atom. The highest BCUT2D eigenvalue weighted by molar-refractivity contribution is 6.34. The molecule has 0 fully saturated rings. The lowest BCUT2D eigenvalue weighted by Gasteiger charge is -2.11. The molecule has 0 bridgehead atoms. The fraction of sp³-hybridized carbons (Fsp3) is 0.200. The maximum Gasteiger partial charge on any atom is 0.147 e.